The zero-order valence-corrected chi connectivity index (χ0v) is 21.2. The van der Waals surface area contributed by atoms with Crippen molar-refractivity contribution in [1.82, 2.24) is 5.32 Å². The Morgan fingerprint density at radius 3 is 2.11 bits per heavy atom. The monoisotopic (exact) mass is 611 g/mol. The van der Waals surface area contributed by atoms with Crippen molar-refractivity contribution in [3.05, 3.63) is 67.6 Å². The summed E-state index contributed by atoms with van der Waals surface area (Å²) >= 11 is 23.0. The Balaban J connectivity index is 1.95. The second-order valence-corrected chi connectivity index (χ2v) is 8.93. The number of nitrogens with one attached hydrogen (secondary N) is 1. The van der Waals surface area contributed by atoms with Crippen LogP contribution in [0.1, 0.15) is 34.3 Å². The minimum Gasteiger partial charge on any atom is -0.489 e. The molecule has 0 saturated carbocycles. The average molecular weight is 613 g/mol. The molecule has 2 rings (SSSR count). The summed E-state index contributed by atoms with van der Waals surface area (Å²) in [5, 5.41) is 2.00. The van der Waals surface area contributed by atoms with Gasteiger partial charge in [0.25, 0.3) is 5.91 Å². The fraction of sp³-hybridized carbons (Fsp3) is 0.273. The smallest absolute Gasteiger partial charge is 0.417 e. The summed E-state index contributed by atoms with van der Waals surface area (Å²) < 4.78 is 88.3. The minimum atomic E-state index is -5.20. The molecule has 0 fully saturated rings. The normalized spacial score (nSPS) is 11.6. The van der Waals surface area contributed by atoms with E-state index in [9.17, 15) is 35.9 Å². The van der Waals surface area contributed by atoms with Crippen LogP contribution in [-0.4, -0.2) is 25.0 Å². The third-order valence-electron chi connectivity index (χ3n) is 4.42. The summed E-state index contributed by atoms with van der Waals surface area (Å²) in [6.07, 6.45) is -9.24. The largest absolute Gasteiger partial charge is 0.489 e. The van der Waals surface area contributed by atoms with Gasteiger partial charge in [-0.3, -0.25) is 9.59 Å². The molecule has 0 atom stereocenters. The molecule has 0 aliphatic carbocycles. The zero-order valence-electron chi connectivity index (χ0n) is 18.2. The van der Waals surface area contributed by atoms with Gasteiger partial charge in [-0.2, -0.15) is 26.3 Å². The molecule has 0 heterocycles. The number of esters is 1. The van der Waals surface area contributed by atoms with E-state index in [0.717, 1.165) is 0 Å². The van der Waals surface area contributed by atoms with E-state index < -0.39 is 40.9 Å². The Kier molecular flexibility index (Phi) is 10.8. The van der Waals surface area contributed by atoms with E-state index in [4.69, 9.17) is 55.9 Å². The highest BCUT2D eigenvalue weighted by atomic mass is 35.5. The molecule has 0 aromatic heterocycles. The van der Waals surface area contributed by atoms with Crippen LogP contribution in [0.5, 0.6) is 11.5 Å². The molecule has 0 bridgehead atoms. The molecule has 0 spiro atoms. The molecule has 5 nitrogen and oxygen atoms in total. The molecular weight excluding hydrogens is 598 g/mol. The fourth-order valence-corrected chi connectivity index (χ4v) is 3.44. The summed E-state index contributed by atoms with van der Waals surface area (Å²) in [4.78, 5) is 24.3. The molecule has 0 unspecified atom stereocenters. The number of hydrogen-bond donors (Lipinski definition) is 1. The highest BCUT2D eigenvalue weighted by molar-refractivity contribution is 6.55. The van der Waals surface area contributed by atoms with Crippen molar-refractivity contribution < 1.29 is 45.4 Å². The summed E-state index contributed by atoms with van der Waals surface area (Å²) in [6, 6.07) is 3.30. The first kappa shape index (κ1) is 30.9. The van der Waals surface area contributed by atoms with Gasteiger partial charge in [0.1, 0.15) is 16.8 Å². The average Bonchev–Trinajstić information content (AvgIpc) is 2.77. The third kappa shape index (κ3) is 9.48. The van der Waals surface area contributed by atoms with E-state index in [1.54, 1.807) is 0 Å². The first-order valence-electron chi connectivity index (χ1n) is 10.00. The maximum atomic E-state index is 13.2. The number of benzene rings is 2. The standard InChI is InChI=1S/C22H15Cl4F6NO4/c23-15-9-12(36-7-5-17(25)26)10-16(24)19(15)37-18(34)2-1-6-33-20(35)13-4-3-11(21(27,28)29)8-14(13)22(30,31)32/h3-5,8-10H,1-2,6-7H2,(H,33,35). The van der Waals surface area contributed by atoms with Crippen LogP contribution in [0, 0.1) is 0 Å². The van der Waals surface area contributed by atoms with Crippen molar-refractivity contribution >= 4 is 58.3 Å². The van der Waals surface area contributed by atoms with Crippen LogP contribution < -0.4 is 14.8 Å². The van der Waals surface area contributed by atoms with E-state index in [1.807, 2.05) is 0 Å². The molecule has 202 valence electrons. The Bertz CT molecular complexity index is 1160. The lowest BCUT2D eigenvalue weighted by Gasteiger charge is -2.15. The van der Waals surface area contributed by atoms with Crippen molar-refractivity contribution in [2.45, 2.75) is 25.2 Å². The first-order chi connectivity index (χ1) is 17.1. The van der Waals surface area contributed by atoms with Gasteiger partial charge >= 0.3 is 18.3 Å². The van der Waals surface area contributed by atoms with Crippen LogP contribution in [-0.2, 0) is 17.1 Å². The van der Waals surface area contributed by atoms with Crippen LogP contribution in [0.4, 0.5) is 26.3 Å². The fourth-order valence-electron chi connectivity index (χ4n) is 2.77. The number of rotatable bonds is 9. The Labute approximate surface area is 226 Å². The van der Waals surface area contributed by atoms with Crippen molar-refractivity contribution in [1.29, 1.82) is 0 Å². The van der Waals surface area contributed by atoms with Crippen molar-refractivity contribution in [2.75, 3.05) is 13.2 Å². The predicted octanol–water partition coefficient (Wildman–Crippen LogP) is 7.84. The van der Waals surface area contributed by atoms with E-state index >= 15 is 0 Å². The lowest BCUT2D eigenvalue weighted by molar-refractivity contribution is -0.143. The summed E-state index contributed by atoms with van der Waals surface area (Å²) in [7, 11) is 0. The van der Waals surface area contributed by atoms with E-state index in [1.165, 1.54) is 18.2 Å². The van der Waals surface area contributed by atoms with Gasteiger partial charge in [0.15, 0.2) is 5.75 Å². The van der Waals surface area contributed by atoms with Gasteiger partial charge in [-0.1, -0.05) is 46.4 Å². The number of carbonyl (C=O) groups is 2. The molecule has 2 aromatic carbocycles. The summed E-state index contributed by atoms with van der Waals surface area (Å²) in [5.74, 6) is -2.03. The molecule has 0 radical (unpaired) electrons. The van der Waals surface area contributed by atoms with E-state index in [2.05, 4.69) is 5.32 Å². The van der Waals surface area contributed by atoms with Gasteiger partial charge in [-0.25, -0.2) is 0 Å². The Morgan fingerprint density at radius 1 is 0.946 bits per heavy atom. The number of halogens is 10. The lowest BCUT2D eigenvalue weighted by atomic mass is 10.0. The molecule has 2 aromatic rings. The minimum absolute atomic E-state index is 0.0107. The molecule has 0 aliphatic heterocycles. The van der Waals surface area contributed by atoms with Crippen LogP contribution in [0.15, 0.2) is 40.9 Å². The van der Waals surface area contributed by atoms with E-state index in [-0.39, 0.29) is 58.1 Å². The van der Waals surface area contributed by atoms with Crippen molar-refractivity contribution in [3.8, 4) is 11.5 Å². The number of amides is 1. The molecular formula is C22H15Cl4F6NO4. The Morgan fingerprint density at radius 2 is 1.57 bits per heavy atom. The highest BCUT2D eigenvalue weighted by Gasteiger charge is 2.39. The third-order valence-corrected chi connectivity index (χ3v) is 5.29. The quantitative estimate of drug-likeness (QED) is 0.136. The SMILES string of the molecule is O=C(CCCNC(=O)c1ccc(C(F)(F)F)cc1C(F)(F)F)Oc1c(Cl)cc(OCC=C(Cl)Cl)cc1Cl. The maximum Gasteiger partial charge on any atom is 0.417 e. The van der Waals surface area contributed by atoms with Crippen LogP contribution in [0.3, 0.4) is 0 Å². The van der Waals surface area contributed by atoms with Gasteiger partial charge < -0.3 is 14.8 Å². The highest BCUT2D eigenvalue weighted by Crippen LogP contribution is 2.38. The van der Waals surface area contributed by atoms with Gasteiger partial charge in [-0.15, -0.1) is 0 Å². The molecule has 1 amide bonds. The molecule has 37 heavy (non-hydrogen) atoms. The molecule has 0 aliphatic rings. The number of ether oxygens (including phenoxy) is 2. The summed E-state index contributed by atoms with van der Waals surface area (Å²) in [6.45, 7) is -0.270. The van der Waals surface area contributed by atoms with Crippen LogP contribution in [0.25, 0.3) is 0 Å². The van der Waals surface area contributed by atoms with Gasteiger partial charge in [0.05, 0.1) is 26.7 Å². The van der Waals surface area contributed by atoms with Gasteiger partial charge in [-0.05, 0) is 30.7 Å². The molecule has 0 saturated heterocycles. The number of alkyl halides is 6. The van der Waals surface area contributed by atoms with Crippen molar-refractivity contribution in [3.63, 3.8) is 0 Å². The van der Waals surface area contributed by atoms with Crippen molar-refractivity contribution in [2.24, 2.45) is 0 Å². The predicted molar refractivity (Wildman–Crippen MR) is 125 cm³/mol. The molecule has 15 heteroatoms. The molecule has 1 N–H and O–H groups in total. The van der Waals surface area contributed by atoms with Crippen LogP contribution in [0.2, 0.25) is 10.0 Å². The van der Waals surface area contributed by atoms with Gasteiger partial charge in [0, 0.05) is 25.1 Å². The van der Waals surface area contributed by atoms with E-state index in [0.29, 0.717) is 12.1 Å². The topological polar surface area (TPSA) is 64.6 Å². The zero-order chi connectivity index (χ0) is 28.0. The Hall–Kier alpha value is -2.34. The number of carbonyl (C=O) groups excluding carboxylic acids is 2. The number of hydrogen-bond acceptors (Lipinski definition) is 4. The summed E-state index contributed by atoms with van der Waals surface area (Å²) in [5.41, 5.74) is -4.28. The second-order valence-electron chi connectivity index (χ2n) is 7.11. The van der Waals surface area contributed by atoms with Crippen LogP contribution >= 0.6 is 46.4 Å². The maximum absolute atomic E-state index is 13.2. The first-order valence-corrected chi connectivity index (χ1v) is 11.5. The van der Waals surface area contributed by atoms with Gasteiger partial charge in [0.2, 0.25) is 0 Å². The second kappa shape index (κ2) is 12.9. The lowest BCUT2D eigenvalue weighted by Crippen LogP contribution is -2.28.